The molecule has 2 aromatic rings. The number of H-pyrrole nitrogens is 1. The Bertz CT molecular complexity index is 547. The van der Waals surface area contributed by atoms with E-state index >= 15 is 0 Å². The fourth-order valence-corrected chi connectivity index (χ4v) is 3.17. The first-order valence-electron chi connectivity index (χ1n) is 5.46. The van der Waals surface area contributed by atoms with E-state index in [0.717, 1.165) is 29.3 Å². The zero-order valence-corrected chi connectivity index (χ0v) is 11.2. The maximum absolute atomic E-state index is 11.7. The summed E-state index contributed by atoms with van der Waals surface area (Å²) in [5.74, 6) is 2.46. The van der Waals surface area contributed by atoms with E-state index in [9.17, 15) is 4.79 Å². The van der Waals surface area contributed by atoms with Crippen molar-refractivity contribution in [2.24, 2.45) is 5.73 Å². The molecule has 0 aliphatic rings. The summed E-state index contributed by atoms with van der Waals surface area (Å²) in [5, 5.41) is 1.89. The van der Waals surface area contributed by atoms with Gasteiger partial charge >= 0.3 is 0 Å². The van der Waals surface area contributed by atoms with E-state index in [1.165, 1.54) is 11.3 Å². The summed E-state index contributed by atoms with van der Waals surface area (Å²) in [6.45, 7) is 2.00. The van der Waals surface area contributed by atoms with E-state index < -0.39 is 0 Å². The van der Waals surface area contributed by atoms with Crippen LogP contribution in [0.25, 0.3) is 10.2 Å². The van der Waals surface area contributed by atoms with Crippen LogP contribution in [0, 0.1) is 0 Å². The summed E-state index contributed by atoms with van der Waals surface area (Å²) < 4.78 is 0.703. The number of hydrogen-bond donors (Lipinski definition) is 2. The Morgan fingerprint density at radius 3 is 3.24 bits per heavy atom. The Labute approximate surface area is 108 Å². The van der Waals surface area contributed by atoms with E-state index in [2.05, 4.69) is 9.97 Å². The number of rotatable bonds is 5. The van der Waals surface area contributed by atoms with Crippen molar-refractivity contribution in [2.45, 2.75) is 25.1 Å². The van der Waals surface area contributed by atoms with Crippen molar-refractivity contribution in [3.05, 3.63) is 27.6 Å². The minimum atomic E-state index is -0.0345. The van der Waals surface area contributed by atoms with Gasteiger partial charge in [0.15, 0.2) is 0 Å². The Morgan fingerprint density at radius 1 is 1.65 bits per heavy atom. The van der Waals surface area contributed by atoms with E-state index in [4.69, 9.17) is 5.73 Å². The van der Waals surface area contributed by atoms with Crippen LogP contribution in [0.2, 0.25) is 0 Å². The first-order valence-corrected chi connectivity index (χ1v) is 7.50. The Hall–Kier alpha value is -0.850. The number of thiophene rings is 1. The number of nitrogens with two attached hydrogens (primary N) is 1. The molecular formula is C11H15N3OS2. The quantitative estimate of drug-likeness (QED) is 0.814. The van der Waals surface area contributed by atoms with Gasteiger partial charge in [0.2, 0.25) is 0 Å². The third-order valence-corrected chi connectivity index (χ3v) is 4.22. The summed E-state index contributed by atoms with van der Waals surface area (Å²) in [5.41, 5.74) is 6.43. The molecule has 0 spiro atoms. The molecule has 92 valence electrons. The van der Waals surface area contributed by atoms with Gasteiger partial charge in [0.25, 0.3) is 5.56 Å². The molecule has 0 aliphatic carbocycles. The van der Waals surface area contributed by atoms with Gasteiger partial charge < -0.3 is 10.7 Å². The topological polar surface area (TPSA) is 71.8 Å². The summed E-state index contributed by atoms with van der Waals surface area (Å²) in [4.78, 5) is 18.9. The molecule has 0 bridgehead atoms. The average molecular weight is 269 g/mol. The number of nitrogens with one attached hydrogen (secondary N) is 1. The second-order valence-electron chi connectivity index (χ2n) is 3.97. The van der Waals surface area contributed by atoms with Crippen LogP contribution in [-0.4, -0.2) is 21.8 Å². The lowest BCUT2D eigenvalue weighted by Crippen LogP contribution is -2.15. The van der Waals surface area contributed by atoms with Gasteiger partial charge in [-0.25, -0.2) is 4.98 Å². The van der Waals surface area contributed by atoms with Gasteiger partial charge in [-0.1, -0.05) is 0 Å². The molecule has 0 saturated heterocycles. The highest BCUT2D eigenvalue weighted by Gasteiger charge is 2.05. The zero-order chi connectivity index (χ0) is 12.3. The molecule has 2 aromatic heterocycles. The third kappa shape index (κ3) is 3.31. The highest BCUT2D eigenvalue weighted by Crippen LogP contribution is 2.16. The summed E-state index contributed by atoms with van der Waals surface area (Å²) >= 11 is 3.17. The predicted molar refractivity (Wildman–Crippen MR) is 74.7 cm³/mol. The molecular weight excluding hydrogens is 254 g/mol. The second kappa shape index (κ2) is 5.66. The van der Waals surface area contributed by atoms with Gasteiger partial charge in [0.1, 0.15) is 10.5 Å². The molecule has 2 heterocycles. The van der Waals surface area contributed by atoms with Crippen LogP contribution in [0.4, 0.5) is 0 Å². The van der Waals surface area contributed by atoms with Crippen molar-refractivity contribution in [1.29, 1.82) is 0 Å². The standard InChI is InChI=1S/C11H15N3OS2/c1-7(12)2-4-16-6-9-13-8-3-5-17-10(8)11(15)14-9/h3,5,7H,2,4,6,12H2,1H3,(H,13,14,15). The molecule has 0 amide bonds. The van der Waals surface area contributed by atoms with Gasteiger partial charge in [-0.3, -0.25) is 4.79 Å². The first-order chi connectivity index (χ1) is 8.16. The van der Waals surface area contributed by atoms with Crippen LogP contribution in [-0.2, 0) is 5.75 Å². The van der Waals surface area contributed by atoms with Crippen LogP contribution in [0.5, 0.6) is 0 Å². The molecule has 1 atom stereocenters. The minimum absolute atomic E-state index is 0.0345. The Balaban J connectivity index is 2.01. The van der Waals surface area contributed by atoms with Gasteiger partial charge in [-0.05, 0) is 30.5 Å². The summed E-state index contributed by atoms with van der Waals surface area (Å²) in [7, 11) is 0. The summed E-state index contributed by atoms with van der Waals surface area (Å²) in [6, 6.07) is 2.11. The van der Waals surface area contributed by atoms with Gasteiger partial charge in [-0.15, -0.1) is 11.3 Å². The number of aromatic nitrogens is 2. The predicted octanol–water partition coefficient (Wildman–Crippen LogP) is 1.96. The highest BCUT2D eigenvalue weighted by molar-refractivity contribution is 7.98. The second-order valence-corrected chi connectivity index (χ2v) is 5.99. The fourth-order valence-electron chi connectivity index (χ4n) is 1.43. The smallest absolute Gasteiger partial charge is 0.268 e. The largest absolute Gasteiger partial charge is 0.328 e. The third-order valence-electron chi connectivity index (χ3n) is 2.32. The molecule has 0 aromatic carbocycles. The van der Waals surface area contributed by atoms with E-state index in [1.807, 2.05) is 18.4 Å². The Morgan fingerprint density at radius 2 is 2.47 bits per heavy atom. The van der Waals surface area contributed by atoms with Crippen LogP contribution in [0.1, 0.15) is 19.2 Å². The lowest BCUT2D eigenvalue weighted by molar-refractivity contribution is 0.721. The molecule has 2 rings (SSSR count). The van der Waals surface area contributed by atoms with Crippen molar-refractivity contribution in [3.63, 3.8) is 0 Å². The molecule has 3 N–H and O–H groups in total. The van der Waals surface area contributed by atoms with Crippen LogP contribution >= 0.6 is 23.1 Å². The number of hydrogen-bond acceptors (Lipinski definition) is 5. The monoisotopic (exact) mass is 269 g/mol. The lowest BCUT2D eigenvalue weighted by atomic mass is 10.3. The fraction of sp³-hybridized carbons (Fsp3) is 0.455. The van der Waals surface area contributed by atoms with Crippen LogP contribution in [0.3, 0.4) is 0 Å². The van der Waals surface area contributed by atoms with Gasteiger partial charge in [0.05, 0.1) is 11.3 Å². The van der Waals surface area contributed by atoms with Crippen LogP contribution in [0.15, 0.2) is 16.2 Å². The maximum Gasteiger partial charge on any atom is 0.268 e. The van der Waals surface area contributed by atoms with E-state index in [0.29, 0.717) is 4.70 Å². The van der Waals surface area contributed by atoms with Crippen molar-refractivity contribution >= 4 is 33.3 Å². The van der Waals surface area contributed by atoms with Crippen molar-refractivity contribution < 1.29 is 0 Å². The molecule has 0 radical (unpaired) electrons. The number of aromatic amines is 1. The first kappa shape index (κ1) is 12.6. The number of nitrogens with zero attached hydrogens (tertiary/aromatic N) is 1. The van der Waals surface area contributed by atoms with Crippen LogP contribution < -0.4 is 11.3 Å². The van der Waals surface area contributed by atoms with Gasteiger partial charge in [0, 0.05) is 6.04 Å². The lowest BCUT2D eigenvalue weighted by Gasteiger charge is -2.04. The zero-order valence-electron chi connectivity index (χ0n) is 9.60. The van der Waals surface area contributed by atoms with Crippen molar-refractivity contribution in [3.8, 4) is 0 Å². The van der Waals surface area contributed by atoms with Crippen molar-refractivity contribution in [1.82, 2.24) is 9.97 Å². The molecule has 0 saturated carbocycles. The summed E-state index contributed by atoms with van der Waals surface area (Å²) in [6.07, 6.45) is 0.982. The van der Waals surface area contributed by atoms with Gasteiger partial charge in [-0.2, -0.15) is 11.8 Å². The minimum Gasteiger partial charge on any atom is -0.328 e. The van der Waals surface area contributed by atoms with E-state index in [-0.39, 0.29) is 11.6 Å². The van der Waals surface area contributed by atoms with E-state index in [1.54, 1.807) is 11.8 Å². The van der Waals surface area contributed by atoms with Crippen molar-refractivity contribution in [2.75, 3.05) is 5.75 Å². The number of fused-ring (bicyclic) bond motifs is 1. The SMILES string of the molecule is CC(N)CCSCc1nc2ccsc2c(=O)[nH]1. The molecule has 1 unspecified atom stereocenters. The molecule has 0 aliphatic heterocycles. The number of thioether (sulfide) groups is 1. The molecule has 4 nitrogen and oxygen atoms in total. The molecule has 0 fully saturated rings. The normalized spacial score (nSPS) is 13.1. The average Bonchev–Trinajstić information content (AvgIpc) is 2.72. The highest BCUT2D eigenvalue weighted by atomic mass is 32.2. The Kier molecular flexibility index (Phi) is 4.20. The maximum atomic E-state index is 11.7. The molecule has 17 heavy (non-hydrogen) atoms. The molecule has 6 heteroatoms.